The van der Waals surface area contributed by atoms with Crippen molar-refractivity contribution in [3.8, 4) is 0 Å². The second-order valence-electron chi connectivity index (χ2n) is 3.08. The molecule has 0 N–H and O–H groups in total. The molecule has 14 heavy (non-hydrogen) atoms. The second-order valence-corrected chi connectivity index (χ2v) is 3.08. The summed E-state index contributed by atoms with van der Waals surface area (Å²) >= 11 is 0. The van der Waals surface area contributed by atoms with E-state index in [0.717, 1.165) is 5.56 Å². The van der Waals surface area contributed by atoms with E-state index in [0.29, 0.717) is 6.61 Å². The summed E-state index contributed by atoms with van der Waals surface area (Å²) in [6, 6.07) is 9.89. The molecule has 1 atom stereocenters. The second kappa shape index (κ2) is 5.27. The van der Waals surface area contributed by atoms with Crippen molar-refractivity contribution in [2.75, 3.05) is 13.7 Å². The van der Waals surface area contributed by atoms with Gasteiger partial charge in [-0.2, -0.15) is 0 Å². The van der Waals surface area contributed by atoms with Gasteiger partial charge < -0.3 is 9.47 Å². The van der Waals surface area contributed by atoms with E-state index < -0.39 is 6.16 Å². The number of carbonyl (C=O) groups excluding carboxylic acids is 1. The van der Waals surface area contributed by atoms with Crippen molar-refractivity contribution < 1.29 is 14.3 Å². The van der Waals surface area contributed by atoms with Crippen LogP contribution in [0.15, 0.2) is 30.3 Å². The molecule has 0 heterocycles. The summed E-state index contributed by atoms with van der Waals surface area (Å²) in [7, 11) is 1.30. The average molecular weight is 194 g/mol. The highest BCUT2D eigenvalue weighted by atomic mass is 16.7. The lowest BCUT2D eigenvalue weighted by Gasteiger charge is -2.11. The van der Waals surface area contributed by atoms with Crippen molar-refractivity contribution in [3.63, 3.8) is 0 Å². The Bertz CT molecular complexity index is 282. The summed E-state index contributed by atoms with van der Waals surface area (Å²) in [5.74, 6) is 0.190. The first-order valence-electron chi connectivity index (χ1n) is 4.49. The molecule has 0 amide bonds. The van der Waals surface area contributed by atoms with Crippen LogP contribution in [0.2, 0.25) is 0 Å². The van der Waals surface area contributed by atoms with Crippen LogP contribution in [-0.4, -0.2) is 19.9 Å². The highest BCUT2D eigenvalue weighted by Gasteiger charge is 2.08. The molecule has 0 aliphatic rings. The Labute approximate surface area is 83.6 Å². The molecule has 3 nitrogen and oxygen atoms in total. The zero-order chi connectivity index (χ0) is 10.4. The molecule has 0 radical (unpaired) electrons. The third-order valence-corrected chi connectivity index (χ3v) is 1.99. The monoisotopic (exact) mass is 194 g/mol. The van der Waals surface area contributed by atoms with Gasteiger partial charge in [-0.15, -0.1) is 0 Å². The number of ether oxygens (including phenoxy) is 2. The maximum absolute atomic E-state index is 10.7. The van der Waals surface area contributed by atoms with Crippen LogP contribution in [0.1, 0.15) is 18.4 Å². The van der Waals surface area contributed by atoms with E-state index in [9.17, 15) is 4.79 Å². The number of rotatable bonds is 3. The third-order valence-electron chi connectivity index (χ3n) is 1.99. The summed E-state index contributed by atoms with van der Waals surface area (Å²) in [6.07, 6.45) is -0.632. The van der Waals surface area contributed by atoms with Gasteiger partial charge in [0.1, 0.15) is 6.61 Å². The minimum absolute atomic E-state index is 0.190. The van der Waals surface area contributed by atoms with E-state index in [2.05, 4.69) is 4.74 Å². The molecule has 0 fully saturated rings. The summed E-state index contributed by atoms with van der Waals surface area (Å²) in [6.45, 7) is 2.34. The van der Waals surface area contributed by atoms with Crippen molar-refractivity contribution in [1.29, 1.82) is 0 Å². The molecule has 0 saturated heterocycles. The maximum atomic E-state index is 10.7. The largest absolute Gasteiger partial charge is 0.507 e. The van der Waals surface area contributed by atoms with Gasteiger partial charge in [0.2, 0.25) is 0 Å². The fourth-order valence-corrected chi connectivity index (χ4v) is 1.13. The van der Waals surface area contributed by atoms with E-state index in [1.54, 1.807) is 0 Å². The number of methoxy groups -OCH3 is 1. The van der Waals surface area contributed by atoms with Crippen LogP contribution in [0.5, 0.6) is 0 Å². The molecule has 0 aliphatic carbocycles. The Morgan fingerprint density at radius 2 is 2.00 bits per heavy atom. The number of carbonyl (C=O) groups is 1. The first kappa shape index (κ1) is 10.6. The van der Waals surface area contributed by atoms with E-state index >= 15 is 0 Å². The van der Waals surface area contributed by atoms with Gasteiger partial charge in [0.05, 0.1) is 7.11 Å². The molecule has 1 rings (SSSR count). The lowest BCUT2D eigenvalue weighted by molar-refractivity contribution is 0.0689. The molecule has 3 heteroatoms. The van der Waals surface area contributed by atoms with E-state index in [1.807, 2.05) is 37.3 Å². The molecule has 1 aromatic rings. The van der Waals surface area contributed by atoms with E-state index in [-0.39, 0.29) is 5.92 Å². The molecule has 0 spiro atoms. The maximum Gasteiger partial charge on any atom is 0.507 e. The van der Waals surface area contributed by atoms with Gasteiger partial charge in [-0.05, 0) is 5.56 Å². The van der Waals surface area contributed by atoms with Crippen molar-refractivity contribution >= 4 is 6.16 Å². The summed E-state index contributed by atoms with van der Waals surface area (Å²) in [4.78, 5) is 10.7. The van der Waals surface area contributed by atoms with Gasteiger partial charge in [-0.25, -0.2) is 4.79 Å². The van der Waals surface area contributed by atoms with Crippen LogP contribution in [0.3, 0.4) is 0 Å². The Hall–Kier alpha value is -1.51. The van der Waals surface area contributed by atoms with Gasteiger partial charge in [0.15, 0.2) is 0 Å². The molecular formula is C11H14O3. The molecule has 0 bridgehead atoms. The Morgan fingerprint density at radius 1 is 1.36 bits per heavy atom. The average Bonchev–Trinajstić information content (AvgIpc) is 2.26. The standard InChI is InChI=1S/C11H14O3/c1-9(8-14-11(12)13-2)10-6-4-3-5-7-10/h3-7,9H,8H2,1-2H3. The molecule has 0 aromatic heterocycles. The zero-order valence-corrected chi connectivity index (χ0v) is 8.40. The van der Waals surface area contributed by atoms with Gasteiger partial charge in [-0.1, -0.05) is 37.3 Å². The minimum atomic E-state index is -0.632. The zero-order valence-electron chi connectivity index (χ0n) is 8.40. The summed E-state index contributed by atoms with van der Waals surface area (Å²) in [5.41, 5.74) is 1.15. The van der Waals surface area contributed by atoms with Crippen molar-refractivity contribution in [3.05, 3.63) is 35.9 Å². The van der Waals surface area contributed by atoms with Crippen LogP contribution in [0, 0.1) is 0 Å². The van der Waals surface area contributed by atoms with Gasteiger partial charge >= 0.3 is 6.16 Å². The van der Waals surface area contributed by atoms with Crippen LogP contribution >= 0.6 is 0 Å². The lowest BCUT2D eigenvalue weighted by Crippen LogP contribution is -2.10. The predicted molar refractivity (Wildman–Crippen MR) is 53.2 cm³/mol. The SMILES string of the molecule is COC(=O)OCC(C)c1ccccc1. The van der Waals surface area contributed by atoms with Gasteiger partial charge in [0.25, 0.3) is 0 Å². The Morgan fingerprint density at radius 3 is 2.57 bits per heavy atom. The topological polar surface area (TPSA) is 35.5 Å². The molecule has 0 saturated carbocycles. The molecular weight excluding hydrogens is 180 g/mol. The predicted octanol–water partition coefficient (Wildman–Crippen LogP) is 2.57. The summed E-state index contributed by atoms with van der Waals surface area (Å²) in [5, 5.41) is 0. The van der Waals surface area contributed by atoms with Gasteiger partial charge in [-0.3, -0.25) is 0 Å². The number of hydrogen-bond donors (Lipinski definition) is 0. The Balaban J connectivity index is 2.43. The number of benzene rings is 1. The first-order valence-corrected chi connectivity index (χ1v) is 4.49. The highest BCUT2D eigenvalue weighted by molar-refractivity contribution is 5.59. The number of hydrogen-bond acceptors (Lipinski definition) is 3. The van der Waals surface area contributed by atoms with Crippen molar-refractivity contribution in [2.24, 2.45) is 0 Å². The lowest BCUT2D eigenvalue weighted by atomic mass is 10.0. The normalized spacial score (nSPS) is 11.9. The van der Waals surface area contributed by atoms with Crippen molar-refractivity contribution in [2.45, 2.75) is 12.8 Å². The van der Waals surface area contributed by atoms with Crippen LogP contribution in [0.25, 0.3) is 0 Å². The van der Waals surface area contributed by atoms with Gasteiger partial charge in [0, 0.05) is 5.92 Å². The highest BCUT2D eigenvalue weighted by Crippen LogP contribution is 2.14. The minimum Gasteiger partial charge on any atom is -0.438 e. The third kappa shape index (κ3) is 3.09. The molecule has 0 aliphatic heterocycles. The Kier molecular flexibility index (Phi) is 3.98. The van der Waals surface area contributed by atoms with E-state index in [1.165, 1.54) is 7.11 Å². The summed E-state index contributed by atoms with van der Waals surface area (Å²) < 4.78 is 9.22. The van der Waals surface area contributed by atoms with Crippen LogP contribution < -0.4 is 0 Å². The van der Waals surface area contributed by atoms with Crippen molar-refractivity contribution in [1.82, 2.24) is 0 Å². The van der Waals surface area contributed by atoms with Crippen LogP contribution in [0.4, 0.5) is 4.79 Å². The molecule has 76 valence electrons. The molecule has 1 aromatic carbocycles. The molecule has 1 unspecified atom stereocenters. The first-order chi connectivity index (χ1) is 6.74. The fourth-order valence-electron chi connectivity index (χ4n) is 1.13. The quantitative estimate of drug-likeness (QED) is 0.694. The van der Waals surface area contributed by atoms with E-state index in [4.69, 9.17) is 4.74 Å². The van der Waals surface area contributed by atoms with Crippen LogP contribution in [-0.2, 0) is 9.47 Å². The smallest absolute Gasteiger partial charge is 0.438 e. The fraction of sp³-hybridized carbons (Fsp3) is 0.364.